The number of alkyl halides is 2. The Bertz CT molecular complexity index is 1520. The van der Waals surface area contributed by atoms with Crippen LogP contribution in [0.15, 0.2) is 37.3 Å². The molecule has 4 aromatic rings. The summed E-state index contributed by atoms with van der Waals surface area (Å²) in [6.45, 7) is 4.59. The van der Waals surface area contributed by atoms with Gasteiger partial charge >= 0.3 is 0 Å². The van der Waals surface area contributed by atoms with Gasteiger partial charge in [-0.25, -0.2) is 28.1 Å². The predicted molar refractivity (Wildman–Crippen MR) is 123 cm³/mol. The molecule has 1 aromatic carbocycles. The van der Waals surface area contributed by atoms with Crippen LogP contribution in [0, 0.1) is 17.7 Å². The molecule has 0 spiro atoms. The highest BCUT2D eigenvalue weighted by Crippen LogP contribution is 2.32. The lowest BCUT2D eigenvalue weighted by Crippen LogP contribution is -2.27. The summed E-state index contributed by atoms with van der Waals surface area (Å²) in [5.41, 5.74) is 7.45. The largest absolute Gasteiger partial charge is 0.383 e. The molecule has 1 atom stereocenters. The van der Waals surface area contributed by atoms with Crippen molar-refractivity contribution in [1.82, 2.24) is 24.4 Å². The van der Waals surface area contributed by atoms with Gasteiger partial charge in [-0.05, 0) is 24.6 Å². The second-order valence-corrected chi connectivity index (χ2v) is 8.80. The van der Waals surface area contributed by atoms with Gasteiger partial charge in [0, 0.05) is 19.3 Å². The van der Waals surface area contributed by atoms with Gasteiger partial charge in [0.15, 0.2) is 5.01 Å². The molecule has 0 aliphatic carbocycles. The SMILES string of the molecule is C=CC(=O)N1CC[C@H](n2cc(C#Cc3cc4nc(C(F)F)sc4cc3F)c3c(N)ncnc32)C1. The van der Waals surface area contributed by atoms with Crippen LogP contribution in [-0.2, 0) is 4.79 Å². The fraction of sp³-hybridized carbons (Fsp3) is 0.217. The van der Waals surface area contributed by atoms with Crippen molar-refractivity contribution in [3.63, 3.8) is 0 Å². The molecule has 172 valence electrons. The molecule has 11 heteroatoms. The van der Waals surface area contributed by atoms with E-state index in [0.717, 1.165) is 17.4 Å². The first kappa shape index (κ1) is 21.9. The van der Waals surface area contributed by atoms with Crippen LogP contribution in [0.25, 0.3) is 21.3 Å². The first-order valence-electron chi connectivity index (χ1n) is 10.3. The average molecular weight is 482 g/mol. The van der Waals surface area contributed by atoms with Gasteiger partial charge in [0.25, 0.3) is 6.43 Å². The number of thiazole rings is 1. The van der Waals surface area contributed by atoms with E-state index in [1.54, 1.807) is 11.1 Å². The highest BCUT2D eigenvalue weighted by atomic mass is 32.1. The summed E-state index contributed by atoms with van der Waals surface area (Å²) in [7, 11) is 0. The van der Waals surface area contributed by atoms with Gasteiger partial charge in [0.05, 0.1) is 32.8 Å². The van der Waals surface area contributed by atoms with Crippen LogP contribution >= 0.6 is 11.3 Å². The number of hydrogen-bond donors (Lipinski definition) is 1. The summed E-state index contributed by atoms with van der Waals surface area (Å²) in [6.07, 6.45) is 2.39. The molecular formula is C23H17F3N6OS. The van der Waals surface area contributed by atoms with Gasteiger partial charge in [-0.15, -0.1) is 11.3 Å². The number of carbonyl (C=O) groups is 1. The minimum atomic E-state index is -2.72. The monoisotopic (exact) mass is 482 g/mol. The number of anilines is 1. The summed E-state index contributed by atoms with van der Waals surface area (Å²) in [4.78, 5) is 26.0. The topological polar surface area (TPSA) is 89.9 Å². The van der Waals surface area contributed by atoms with Crippen LogP contribution in [0.5, 0.6) is 0 Å². The summed E-state index contributed by atoms with van der Waals surface area (Å²) in [6, 6.07) is 2.47. The van der Waals surface area contributed by atoms with E-state index in [2.05, 4.69) is 33.4 Å². The van der Waals surface area contributed by atoms with Gasteiger partial charge < -0.3 is 15.2 Å². The van der Waals surface area contributed by atoms with Crippen LogP contribution in [0.1, 0.15) is 35.0 Å². The molecule has 0 saturated carbocycles. The minimum absolute atomic E-state index is 0.0264. The number of halogens is 3. The van der Waals surface area contributed by atoms with E-state index in [-0.39, 0.29) is 33.9 Å². The van der Waals surface area contributed by atoms with Crippen molar-refractivity contribution in [3.05, 3.63) is 59.3 Å². The lowest BCUT2D eigenvalue weighted by Gasteiger charge is -2.15. The predicted octanol–water partition coefficient (Wildman–Crippen LogP) is 4.06. The molecule has 1 fully saturated rings. The molecule has 2 N–H and O–H groups in total. The van der Waals surface area contributed by atoms with Crippen LogP contribution in [0.3, 0.4) is 0 Å². The van der Waals surface area contributed by atoms with Gasteiger partial charge in [-0.3, -0.25) is 4.79 Å². The normalized spacial score (nSPS) is 15.8. The van der Waals surface area contributed by atoms with E-state index in [1.165, 1.54) is 18.5 Å². The number of nitrogen functional groups attached to an aromatic ring is 1. The number of benzene rings is 1. The quantitative estimate of drug-likeness (QED) is 0.351. The van der Waals surface area contributed by atoms with Gasteiger partial charge in [-0.1, -0.05) is 18.4 Å². The average Bonchev–Trinajstić information content (AvgIpc) is 3.54. The highest BCUT2D eigenvalue weighted by molar-refractivity contribution is 7.18. The molecule has 34 heavy (non-hydrogen) atoms. The molecule has 4 heterocycles. The Kier molecular flexibility index (Phi) is 5.45. The number of rotatable bonds is 3. The van der Waals surface area contributed by atoms with E-state index in [4.69, 9.17) is 5.73 Å². The number of carbonyl (C=O) groups excluding carboxylic acids is 1. The number of amides is 1. The van der Waals surface area contributed by atoms with Crippen LogP contribution in [0.2, 0.25) is 0 Å². The molecule has 3 aromatic heterocycles. The standard InChI is InChI=1S/C23H17F3N6OS/c1-2-18(33)31-6-5-14(10-31)32-9-13(19-21(27)28-11-29-22(19)32)4-3-12-7-16-17(8-15(12)24)34-23(30-16)20(25)26/h2,7-9,11,14,20H,1,5-6,10H2,(H2,27,28,29)/t14-/m0/s1. The number of nitrogens with two attached hydrogens (primary N) is 1. The Morgan fingerprint density at radius 1 is 1.29 bits per heavy atom. The minimum Gasteiger partial charge on any atom is -0.383 e. The third kappa shape index (κ3) is 3.76. The Labute approximate surface area is 195 Å². The number of fused-ring (bicyclic) bond motifs is 2. The zero-order chi connectivity index (χ0) is 24.0. The maximum absolute atomic E-state index is 14.6. The molecule has 0 bridgehead atoms. The maximum atomic E-state index is 14.6. The van der Waals surface area contributed by atoms with Gasteiger partial charge in [0.1, 0.15) is 23.6 Å². The third-order valence-electron chi connectivity index (χ3n) is 5.69. The van der Waals surface area contributed by atoms with Crippen LogP contribution in [-0.4, -0.2) is 43.4 Å². The number of likely N-dealkylation sites (tertiary alicyclic amines) is 1. The number of hydrogen-bond acceptors (Lipinski definition) is 6. The van der Waals surface area contributed by atoms with E-state index < -0.39 is 12.2 Å². The number of nitrogens with zero attached hydrogens (tertiary/aromatic N) is 5. The van der Waals surface area contributed by atoms with Gasteiger partial charge in [-0.2, -0.15) is 0 Å². The van der Waals surface area contributed by atoms with Crippen molar-refractivity contribution in [2.24, 2.45) is 0 Å². The highest BCUT2D eigenvalue weighted by Gasteiger charge is 2.28. The first-order chi connectivity index (χ1) is 16.4. The van der Waals surface area contributed by atoms with E-state index in [1.807, 2.05) is 4.57 Å². The molecule has 7 nitrogen and oxygen atoms in total. The smallest absolute Gasteiger partial charge is 0.289 e. The lowest BCUT2D eigenvalue weighted by molar-refractivity contribution is -0.125. The summed E-state index contributed by atoms with van der Waals surface area (Å²) in [5.74, 6) is 5.15. The fourth-order valence-corrected chi connectivity index (χ4v) is 4.90. The summed E-state index contributed by atoms with van der Waals surface area (Å²) in [5, 5.41) is 0.159. The van der Waals surface area contributed by atoms with Crippen LogP contribution in [0.4, 0.5) is 19.0 Å². The van der Waals surface area contributed by atoms with Crippen molar-refractivity contribution < 1.29 is 18.0 Å². The van der Waals surface area contributed by atoms with Crippen molar-refractivity contribution in [1.29, 1.82) is 0 Å². The van der Waals surface area contributed by atoms with Crippen molar-refractivity contribution >= 4 is 44.3 Å². The fourth-order valence-electron chi connectivity index (χ4n) is 4.07. The number of aromatic nitrogens is 4. The second-order valence-electron chi connectivity index (χ2n) is 7.74. The first-order valence-corrected chi connectivity index (χ1v) is 11.1. The molecule has 1 saturated heterocycles. The van der Waals surface area contributed by atoms with E-state index >= 15 is 0 Å². The van der Waals surface area contributed by atoms with Crippen molar-refractivity contribution in [3.8, 4) is 11.8 Å². The Hall–Kier alpha value is -3.91. The van der Waals surface area contributed by atoms with Crippen molar-refractivity contribution in [2.75, 3.05) is 18.8 Å². The van der Waals surface area contributed by atoms with Crippen LogP contribution < -0.4 is 5.73 Å². The zero-order valence-corrected chi connectivity index (χ0v) is 18.5. The molecular weight excluding hydrogens is 465 g/mol. The Morgan fingerprint density at radius 2 is 2.09 bits per heavy atom. The molecule has 0 unspecified atom stereocenters. The lowest BCUT2D eigenvalue weighted by atomic mass is 10.1. The second kappa shape index (κ2) is 8.46. The zero-order valence-electron chi connectivity index (χ0n) is 17.6. The van der Waals surface area contributed by atoms with E-state index in [9.17, 15) is 18.0 Å². The molecule has 5 rings (SSSR count). The van der Waals surface area contributed by atoms with Crippen molar-refractivity contribution in [2.45, 2.75) is 18.9 Å². The molecule has 0 radical (unpaired) electrons. The third-order valence-corrected chi connectivity index (χ3v) is 6.72. The molecule has 1 amide bonds. The van der Waals surface area contributed by atoms with Gasteiger partial charge in [0.2, 0.25) is 5.91 Å². The molecule has 1 aliphatic rings. The Balaban J connectivity index is 1.55. The Morgan fingerprint density at radius 3 is 2.85 bits per heavy atom. The summed E-state index contributed by atoms with van der Waals surface area (Å²) >= 11 is 0.748. The summed E-state index contributed by atoms with van der Waals surface area (Å²) < 4.78 is 42.8. The van der Waals surface area contributed by atoms with E-state index in [0.29, 0.717) is 40.8 Å². The maximum Gasteiger partial charge on any atom is 0.289 e. The molecule has 1 aliphatic heterocycles.